The van der Waals surface area contributed by atoms with Crippen LogP contribution in [0.25, 0.3) is 11.1 Å². The Morgan fingerprint density at radius 3 is 2.46 bits per heavy atom. The van der Waals surface area contributed by atoms with Gasteiger partial charge in [-0.1, -0.05) is 20.8 Å². The SMILES string of the molecule is CC(C)(C)c1nc2cc(NC(=O)NCc3cc(F)cc(F)c3)ccc2o1. The summed E-state index contributed by atoms with van der Waals surface area (Å²) in [6, 6.07) is 7.75. The summed E-state index contributed by atoms with van der Waals surface area (Å²) in [4.78, 5) is 16.4. The van der Waals surface area contributed by atoms with Gasteiger partial charge in [0.15, 0.2) is 5.58 Å². The van der Waals surface area contributed by atoms with Crippen LogP contribution < -0.4 is 10.6 Å². The highest BCUT2D eigenvalue weighted by molar-refractivity contribution is 5.91. The number of halogens is 2. The number of rotatable bonds is 3. The third-order valence-electron chi connectivity index (χ3n) is 3.66. The lowest BCUT2D eigenvalue weighted by molar-refractivity contribution is 0.251. The number of hydrogen-bond acceptors (Lipinski definition) is 3. The summed E-state index contributed by atoms with van der Waals surface area (Å²) in [6.07, 6.45) is 0. The molecule has 26 heavy (non-hydrogen) atoms. The number of nitrogens with zero attached hydrogens (tertiary/aromatic N) is 1. The lowest BCUT2D eigenvalue weighted by atomic mass is 9.97. The number of nitrogens with one attached hydrogen (secondary N) is 2. The van der Waals surface area contributed by atoms with Crippen LogP contribution >= 0.6 is 0 Å². The van der Waals surface area contributed by atoms with Gasteiger partial charge in [-0.15, -0.1) is 0 Å². The van der Waals surface area contributed by atoms with Gasteiger partial charge in [0.1, 0.15) is 17.2 Å². The summed E-state index contributed by atoms with van der Waals surface area (Å²) >= 11 is 0. The van der Waals surface area contributed by atoms with Crippen LogP contribution in [-0.4, -0.2) is 11.0 Å². The molecular formula is C19H19F2N3O2. The molecule has 0 radical (unpaired) electrons. The van der Waals surface area contributed by atoms with Crippen LogP contribution in [0.3, 0.4) is 0 Å². The molecular weight excluding hydrogens is 340 g/mol. The van der Waals surface area contributed by atoms with E-state index < -0.39 is 17.7 Å². The van der Waals surface area contributed by atoms with Gasteiger partial charge in [0.05, 0.1) is 0 Å². The van der Waals surface area contributed by atoms with Crippen LogP contribution in [0.5, 0.6) is 0 Å². The summed E-state index contributed by atoms with van der Waals surface area (Å²) in [7, 11) is 0. The zero-order chi connectivity index (χ0) is 18.9. The molecule has 2 N–H and O–H groups in total. The van der Waals surface area contributed by atoms with Crippen LogP contribution in [0.15, 0.2) is 40.8 Å². The van der Waals surface area contributed by atoms with Gasteiger partial charge in [0, 0.05) is 23.7 Å². The van der Waals surface area contributed by atoms with Gasteiger partial charge < -0.3 is 15.1 Å². The van der Waals surface area contributed by atoms with Gasteiger partial charge in [0.2, 0.25) is 5.89 Å². The molecule has 5 nitrogen and oxygen atoms in total. The van der Waals surface area contributed by atoms with Gasteiger partial charge in [-0.25, -0.2) is 18.6 Å². The fourth-order valence-corrected chi connectivity index (χ4v) is 2.40. The Morgan fingerprint density at radius 2 is 1.81 bits per heavy atom. The molecule has 0 bridgehead atoms. The fraction of sp³-hybridized carbons (Fsp3) is 0.263. The fourth-order valence-electron chi connectivity index (χ4n) is 2.40. The summed E-state index contributed by atoms with van der Waals surface area (Å²) < 4.78 is 32.0. The molecule has 7 heteroatoms. The van der Waals surface area contributed by atoms with E-state index in [4.69, 9.17) is 4.42 Å². The van der Waals surface area contributed by atoms with Crippen molar-refractivity contribution in [1.82, 2.24) is 10.3 Å². The first kappa shape index (κ1) is 17.8. The number of fused-ring (bicyclic) bond motifs is 1. The molecule has 3 rings (SSSR count). The first-order valence-electron chi connectivity index (χ1n) is 8.11. The quantitative estimate of drug-likeness (QED) is 0.711. The van der Waals surface area contributed by atoms with E-state index in [0.29, 0.717) is 28.2 Å². The van der Waals surface area contributed by atoms with E-state index in [9.17, 15) is 13.6 Å². The molecule has 0 saturated carbocycles. The standard InChI is InChI=1S/C19H19F2N3O2/c1-19(2,3)17-24-15-9-14(4-5-16(15)26-17)23-18(25)22-10-11-6-12(20)8-13(21)7-11/h4-9H,10H2,1-3H3,(H2,22,23,25). The molecule has 136 valence electrons. The summed E-state index contributed by atoms with van der Waals surface area (Å²) in [6.45, 7) is 6.00. The third-order valence-corrected chi connectivity index (χ3v) is 3.66. The summed E-state index contributed by atoms with van der Waals surface area (Å²) in [5, 5.41) is 5.21. The zero-order valence-electron chi connectivity index (χ0n) is 14.7. The summed E-state index contributed by atoms with van der Waals surface area (Å²) in [5.41, 5.74) is 1.93. The molecule has 1 heterocycles. The normalized spacial score (nSPS) is 11.6. The van der Waals surface area contributed by atoms with E-state index in [2.05, 4.69) is 15.6 Å². The number of oxazole rings is 1. The van der Waals surface area contributed by atoms with Crippen molar-refractivity contribution >= 4 is 22.8 Å². The highest BCUT2D eigenvalue weighted by Crippen LogP contribution is 2.27. The maximum Gasteiger partial charge on any atom is 0.319 e. The largest absolute Gasteiger partial charge is 0.440 e. The van der Waals surface area contributed by atoms with Gasteiger partial charge in [-0.05, 0) is 35.9 Å². The van der Waals surface area contributed by atoms with Gasteiger partial charge in [-0.3, -0.25) is 0 Å². The number of carbonyl (C=O) groups is 1. The predicted octanol–water partition coefficient (Wildman–Crippen LogP) is 4.73. The minimum atomic E-state index is -0.687. The maximum atomic E-state index is 13.1. The molecule has 2 amide bonds. The molecule has 0 unspecified atom stereocenters. The Bertz CT molecular complexity index is 941. The van der Waals surface area contributed by atoms with Crippen molar-refractivity contribution in [3.8, 4) is 0 Å². The summed E-state index contributed by atoms with van der Waals surface area (Å²) in [5.74, 6) is -0.760. The molecule has 0 spiro atoms. The van der Waals surface area contributed by atoms with Crippen molar-refractivity contribution in [1.29, 1.82) is 0 Å². The van der Waals surface area contributed by atoms with E-state index in [1.54, 1.807) is 18.2 Å². The average Bonchev–Trinajstić information content (AvgIpc) is 2.95. The zero-order valence-corrected chi connectivity index (χ0v) is 14.7. The molecule has 2 aromatic carbocycles. The predicted molar refractivity (Wildman–Crippen MR) is 94.9 cm³/mol. The second-order valence-electron chi connectivity index (χ2n) is 7.04. The van der Waals surface area contributed by atoms with Crippen LogP contribution in [0, 0.1) is 11.6 Å². The number of carbonyl (C=O) groups excluding carboxylic acids is 1. The van der Waals surface area contributed by atoms with E-state index in [1.165, 1.54) is 12.1 Å². The van der Waals surface area contributed by atoms with Crippen LogP contribution in [0.2, 0.25) is 0 Å². The van der Waals surface area contributed by atoms with Gasteiger partial charge in [0.25, 0.3) is 0 Å². The number of hydrogen-bond donors (Lipinski definition) is 2. The lowest BCUT2D eigenvalue weighted by Crippen LogP contribution is -2.28. The number of aromatic nitrogens is 1. The van der Waals surface area contributed by atoms with Crippen molar-refractivity contribution in [2.24, 2.45) is 0 Å². The first-order valence-corrected chi connectivity index (χ1v) is 8.11. The molecule has 0 saturated heterocycles. The molecule has 0 aliphatic heterocycles. The van der Waals surface area contributed by atoms with Gasteiger partial charge in [-0.2, -0.15) is 0 Å². The number of amides is 2. The smallest absolute Gasteiger partial charge is 0.319 e. The number of anilines is 1. The number of benzene rings is 2. The monoisotopic (exact) mass is 359 g/mol. The van der Waals surface area contributed by atoms with Crippen molar-refractivity contribution in [2.45, 2.75) is 32.7 Å². The molecule has 3 aromatic rings. The van der Waals surface area contributed by atoms with Crippen molar-refractivity contribution < 1.29 is 18.0 Å². The Kier molecular flexibility index (Phi) is 4.63. The first-order chi connectivity index (χ1) is 12.2. The Labute approximate surface area is 149 Å². The molecule has 0 aliphatic rings. The van der Waals surface area contributed by atoms with Crippen molar-refractivity contribution in [3.63, 3.8) is 0 Å². The third kappa shape index (κ3) is 4.17. The minimum absolute atomic E-state index is 0.000883. The highest BCUT2D eigenvalue weighted by atomic mass is 19.1. The van der Waals surface area contributed by atoms with E-state index in [0.717, 1.165) is 6.07 Å². The Hall–Kier alpha value is -2.96. The van der Waals surface area contributed by atoms with E-state index in [-0.39, 0.29) is 12.0 Å². The van der Waals surface area contributed by atoms with Crippen LogP contribution in [0.4, 0.5) is 19.3 Å². The number of urea groups is 1. The van der Waals surface area contributed by atoms with Crippen molar-refractivity contribution in [2.75, 3.05) is 5.32 Å². The Balaban J connectivity index is 1.67. The van der Waals surface area contributed by atoms with E-state index >= 15 is 0 Å². The Morgan fingerprint density at radius 1 is 1.12 bits per heavy atom. The topological polar surface area (TPSA) is 67.2 Å². The molecule has 0 aliphatic carbocycles. The van der Waals surface area contributed by atoms with E-state index in [1.807, 2.05) is 20.8 Å². The second kappa shape index (κ2) is 6.74. The van der Waals surface area contributed by atoms with Crippen molar-refractivity contribution in [3.05, 3.63) is 59.5 Å². The van der Waals surface area contributed by atoms with Crippen LogP contribution in [-0.2, 0) is 12.0 Å². The maximum absolute atomic E-state index is 13.1. The second-order valence-corrected chi connectivity index (χ2v) is 7.04. The van der Waals surface area contributed by atoms with Crippen LogP contribution in [0.1, 0.15) is 32.2 Å². The molecule has 1 aromatic heterocycles. The average molecular weight is 359 g/mol. The molecule has 0 atom stereocenters. The highest BCUT2D eigenvalue weighted by Gasteiger charge is 2.21. The molecule has 0 fully saturated rings. The van der Waals surface area contributed by atoms with Gasteiger partial charge >= 0.3 is 6.03 Å². The lowest BCUT2D eigenvalue weighted by Gasteiger charge is -2.11. The minimum Gasteiger partial charge on any atom is -0.440 e.